The fraction of sp³-hybridized carbons (Fsp3) is 0.357. The zero-order valence-corrected chi connectivity index (χ0v) is 19.8. The van der Waals surface area contributed by atoms with E-state index in [1.54, 1.807) is 18.4 Å². The molecule has 5 heteroatoms. The highest BCUT2D eigenvalue weighted by atomic mass is 32.1. The minimum absolute atomic E-state index is 0.699. The van der Waals surface area contributed by atoms with Crippen LogP contribution in [-0.4, -0.2) is 43.4 Å². The van der Waals surface area contributed by atoms with Crippen molar-refractivity contribution in [1.29, 1.82) is 0 Å². The van der Waals surface area contributed by atoms with Gasteiger partial charge in [-0.15, -0.1) is 11.3 Å². The maximum atomic E-state index is 12.4. The average molecular weight is 460 g/mol. The van der Waals surface area contributed by atoms with E-state index < -0.39 is 5.60 Å². The first-order valence-corrected chi connectivity index (χ1v) is 12.7. The van der Waals surface area contributed by atoms with E-state index in [1.807, 2.05) is 30.3 Å². The molecule has 1 saturated heterocycles. The molecule has 33 heavy (non-hydrogen) atoms. The number of likely N-dealkylation sites (tertiary alicyclic amines) is 1. The second kappa shape index (κ2) is 8.32. The smallest absolute Gasteiger partial charge is 0.139 e. The fourth-order valence-corrected chi connectivity index (χ4v) is 6.90. The highest BCUT2D eigenvalue weighted by Crippen LogP contribution is 2.57. The van der Waals surface area contributed by atoms with Crippen LogP contribution in [0.5, 0.6) is 11.5 Å². The Morgan fingerprint density at radius 2 is 1.85 bits per heavy atom. The lowest BCUT2D eigenvalue weighted by atomic mass is 9.80. The number of hydrogen-bond acceptors (Lipinski definition) is 5. The van der Waals surface area contributed by atoms with Crippen LogP contribution in [-0.2, 0) is 5.60 Å². The fourth-order valence-electron chi connectivity index (χ4n) is 5.57. The van der Waals surface area contributed by atoms with E-state index >= 15 is 0 Å². The van der Waals surface area contributed by atoms with Gasteiger partial charge in [-0.2, -0.15) is 0 Å². The van der Waals surface area contributed by atoms with Gasteiger partial charge in [0.15, 0.2) is 0 Å². The summed E-state index contributed by atoms with van der Waals surface area (Å²) in [5.74, 6) is 1.70. The Hall–Kier alpha value is -2.60. The molecule has 1 aromatic heterocycles. The number of allylic oxidation sites excluding steroid dienone is 3. The van der Waals surface area contributed by atoms with Gasteiger partial charge in [-0.05, 0) is 85.8 Å². The zero-order valence-electron chi connectivity index (χ0n) is 19.0. The second-order valence-electron chi connectivity index (χ2n) is 9.13. The van der Waals surface area contributed by atoms with Crippen LogP contribution < -0.4 is 9.47 Å². The maximum Gasteiger partial charge on any atom is 0.139 e. The summed E-state index contributed by atoms with van der Waals surface area (Å²) < 4.78 is 12.6. The zero-order chi connectivity index (χ0) is 22.4. The van der Waals surface area contributed by atoms with Crippen LogP contribution in [0.4, 0.5) is 0 Å². The molecule has 1 aliphatic heterocycles. The van der Waals surface area contributed by atoms with Gasteiger partial charge in [-0.3, -0.25) is 4.90 Å². The van der Waals surface area contributed by atoms with Crippen molar-refractivity contribution in [2.24, 2.45) is 0 Å². The highest BCUT2D eigenvalue weighted by Gasteiger charge is 2.47. The molecule has 0 radical (unpaired) electrons. The molecule has 0 spiro atoms. The number of benzene rings is 2. The number of fused-ring (bicyclic) bond motifs is 4. The van der Waals surface area contributed by atoms with Gasteiger partial charge in [0.1, 0.15) is 23.7 Å². The summed E-state index contributed by atoms with van der Waals surface area (Å²) >= 11 is 1.75. The molecule has 2 aromatic carbocycles. The predicted octanol–water partition coefficient (Wildman–Crippen LogP) is 5.74. The minimum Gasteiger partial charge on any atom is -0.497 e. The molecule has 0 amide bonds. The summed E-state index contributed by atoms with van der Waals surface area (Å²) in [5.41, 5.74) is 3.11. The molecule has 3 aliphatic rings. The Kier molecular flexibility index (Phi) is 5.28. The number of methoxy groups -OCH3 is 1. The van der Waals surface area contributed by atoms with Gasteiger partial charge in [-0.25, -0.2) is 0 Å². The van der Waals surface area contributed by atoms with E-state index in [1.165, 1.54) is 36.4 Å². The van der Waals surface area contributed by atoms with Crippen molar-refractivity contribution >= 4 is 27.0 Å². The Morgan fingerprint density at radius 1 is 1.06 bits per heavy atom. The largest absolute Gasteiger partial charge is 0.497 e. The molecule has 1 unspecified atom stereocenters. The summed E-state index contributed by atoms with van der Waals surface area (Å²) in [5, 5.41) is 13.5. The molecule has 170 valence electrons. The average Bonchev–Trinajstić information content (AvgIpc) is 3.56. The lowest BCUT2D eigenvalue weighted by Crippen LogP contribution is -2.28. The summed E-state index contributed by atoms with van der Waals surface area (Å²) in [6.45, 7) is 4.04. The van der Waals surface area contributed by atoms with Crippen molar-refractivity contribution in [3.63, 3.8) is 0 Å². The number of hydrogen-bond donors (Lipinski definition) is 1. The van der Waals surface area contributed by atoms with E-state index in [0.29, 0.717) is 6.61 Å². The quantitative estimate of drug-likeness (QED) is 0.511. The molecule has 0 saturated carbocycles. The standard InChI is InChI=1S/C28H29NO3S/c1-31-21-12-13-23-25(18-21)33-27-22-6-2-3-7-24(22)28(30,26(23)27)19-8-10-20(11-9-19)32-17-16-29-14-4-5-15-29/h2,6,8-13,18,30H,3-5,7,14-17H2,1H3. The summed E-state index contributed by atoms with van der Waals surface area (Å²) in [6, 6.07) is 14.2. The Labute approximate surface area is 198 Å². The molecule has 2 heterocycles. The van der Waals surface area contributed by atoms with Crippen LogP contribution in [0.25, 0.3) is 15.7 Å². The van der Waals surface area contributed by atoms with E-state index in [9.17, 15) is 5.11 Å². The molecule has 1 fully saturated rings. The molecular weight excluding hydrogens is 430 g/mol. The van der Waals surface area contributed by atoms with E-state index in [4.69, 9.17) is 9.47 Å². The van der Waals surface area contributed by atoms with Gasteiger partial charge in [-0.1, -0.05) is 24.3 Å². The van der Waals surface area contributed by atoms with Crippen molar-refractivity contribution in [2.45, 2.75) is 31.3 Å². The molecule has 4 nitrogen and oxygen atoms in total. The Balaban J connectivity index is 1.35. The third-order valence-corrected chi connectivity index (χ3v) is 8.44. The van der Waals surface area contributed by atoms with Crippen LogP contribution in [0.3, 0.4) is 0 Å². The first-order chi connectivity index (χ1) is 16.2. The predicted molar refractivity (Wildman–Crippen MR) is 134 cm³/mol. The molecule has 2 aliphatic carbocycles. The summed E-state index contributed by atoms with van der Waals surface area (Å²) in [6.07, 6.45) is 8.84. The van der Waals surface area contributed by atoms with Crippen molar-refractivity contribution < 1.29 is 14.6 Å². The molecule has 6 rings (SSSR count). The second-order valence-corrected chi connectivity index (χ2v) is 10.2. The highest BCUT2D eigenvalue weighted by molar-refractivity contribution is 7.20. The lowest BCUT2D eigenvalue weighted by Gasteiger charge is -2.30. The normalized spacial score (nSPS) is 22.1. The molecular formula is C28H29NO3S. The maximum absolute atomic E-state index is 12.4. The first-order valence-electron chi connectivity index (χ1n) is 11.9. The van der Waals surface area contributed by atoms with Crippen molar-refractivity contribution in [2.75, 3.05) is 33.4 Å². The van der Waals surface area contributed by atoms with Crippen molar-refractivity contribution in [3.8, 4) is 11.5 Å². The lowest BCUT2D eigenvalue weighted by molar-refractivity contribution is 0.123. The number of nitrogens with zero attached hydrogens (tertiary/aromatic N) is 1. The van der Waals surface area contributed by atoms with Gasteiger partial charge in [0.05, 0.1) is 7.11 Å². The summed E-state index contributed by atoms with van der Waals surface area (Å²) in [7, 11) is 1.69. The van der Waals surface area contributed by atoms with Gasteiger partial charge in [0.25, 0.3) is 0 Å². The molecule has 1 atom stereocenters. The molecule has 0 bridgehead atoms. The van der Waals surface area contributed by atoms with Crippen LogP contribution in [0, 0.1) is 0 Å². The van der Waals surface area contributed by atoms with Crippen molar-refractivity contribution in [1.82, 2.24) is 4.90 Å². The summed E-state index contributed by atoms with van der Waals surface area (Å²) in [4.78, 5) is 3.64. The van der Waals surface area contributed by atoms with Gasteiger partial charge in [0.2, 0.25) is 0 Å². The van der Waals surface area contributed by atoms with Gasteiger partial charge in [0, 0.05) is 27.1 Å². The number of aliphatic hydroxyl groups is 1. The van der Waals surface area contributed by atoms with Crippen LogP contribution in [0.1, 0.15) is 41.7 Å². The van der Waals surface area contributed by atoms with Crippen LogP contribution in [0.15, 0.2) is 60.2 Å². The topological polar surface area (TPSA) is 41.9 Å². The first kappa shape index (κ1) is 21.0. The SMILES string of the molecule is COc1ccc2c3c(sc2c1)C1=C(CCC=C1)C3(O)c1ccc(OCCN2CCCC2)cc1. The van der Waals surface area contributed by atoms with E-state index in [0.717, 1.165) is 57.7 Å². The van der Waals surface area contributed by atoms with E-state index in [2.05, 4.69) is 29.2 Å². The van der Waals surface area contributed by atoms with Crippen LogP contribution >= 0.6 is 11.3 Å². The number of rotatable bonds is 6. The third kappa shape index (κ3) is 3.41. The van der Waals surface area contributed by atoms with Gasteiger partial charge >= 0.3 is 0 Å². The Morgan fingerprint density at radius 3 is 2.64 bits per heavy atom. The number of ether oxygens (including phenoxy) is 2. The molecule has 1 N–H and O–H groups in total. The third-order valence-electron chi connectivity index (χ3n) is 7.26. The molecule has 3 aromatic rings. The van der Waals surface area contributed by atoms with Crippen LogP contribution in [0.2, 0.25) is 0 Å². The Bertz CT molecular complexity index is 1250. The van der Waals surface area contributed by atoms with Gasteiger partial charge < -0.3 is 14.6 Å². The van der Waals surface area contributed by atoms with Crippen molar-refractivity contribution in [3.05, 3.63) is 76.2 Å². The number of thiophene rings is 1. The van der Waals surface area contributed by atoms with E-state index in [-0.39, 0.29) is 0 Å². The minimum atomic E-state index is -1.11. The monoisotopic (exact) mass is 459 g/mol.